The highest BCUT2D eigenvalue weighted by Crippen LogP contribution is 2.24. The molecule has 0 fully saturated rings. The molecule has 2 nitrogen and oxygen atoms in total. The van der Waals surface area contributed by atoms with E-state index < -0.39 is 0 Å². The van der Waals surface area contributed by atoms with Crippen molar-refractivity contribution in [1.29, 1.82) is 0 Å². The molecule has 0 aliphatic rings. The highest BCUT2D eigenvalue weighted by molar-refractivity contribution is 5.87. The van der Waals surface area contributed by atoms with Crippen LogP contribution in [0.3, 0.4) is 0 Å². The SMILES string of the molecule is CCOC(=O)C(C)=C=CC(C)(C)c1ccc(F)cc1. The molecule has 0 aliphatic heterocycles. The monoisotopic (exact) mass is 262 g/mol. The number of hydrogen-bond donors (Lipinski definition) is 0. The number of carbonyl (C=O) groups excluding carboxylic acids is 1. The molecule has 0 heterocycles. The van der Waals surface area contributed by atoms with Gasteiger partial charge in [-0.1, -0.05) is 26.0 Å². The number of ether oxygens (including phenoxy) is 1. The van der Waals surface area contributed by atoms with Crippen LogP contribution in [0.4, 0.5) is 4.39 Å². The molecular formula is C16H19FO2. The van der Waals surface area contributed by atoms with Crippen molar-refractivity contribution in [2.75, 3.05) is 6.61 Å². The maximum atomic E-state index is 12.9. The Labute approximate surface area is 113 Å². The molecule has 0 saturated carbocycles. The van der Waals surface area contributed by atoms with Gasteiger partial charge < -0.3 is 4.74 Å². The molecule has 0 aromatic heterocycles. The number of benzene rings is 1. The Hall–Kier alpha value is -1.86. The Morgan fingerprint density at radius 2 is 1.95 bits per heavy atom. The predicted molar refractivity (Wildman–Crippen MR) is 73.3 cm³/mol. The van der Waals surface area contributed by atoms with Crippen LogP contribution in [0.15, 0.2) is 41.6 Å². The Bertz CT molecular complexity index is 506. The second-order valence-corrected chi connectivity index (χ2v) is 4.86. The summed E-state index contributed by atoms with van der Waals surface area (Å²) in [6.45, 7) is 7.73. The van der Waals surface area contributed by atoms with Crippen LogP contribution in [-0.2, 0) is 14.9 Å². The third kappa shape index (κ3) is 4.38. The molecule has 19 heavy (non-hydrogen) atoms. The molecule has 0 amide bonds. The van der Waals surface area contributed by atoms with Crippen molar-refractivity contribution < 1.29 is 13.9 Å². The Morgan fingerprint density at radius 1 is 1.37 bits per heavy atom. The van der Waals surface area contributed by atoms with Gasteiger partial charge in [0.2, 0.25) is 0 Å². The quantitative estimate of drug-likeness (QED) is 0.469. The van der Waals surface area contributed by atoms with Crippen LogP contribution in [-0.4, -0.2) is 12.6 Å². The molecule has 1 rings (SSSR count). The van der Waals surface area contributed by atoms with Crippen LogP contribution in [0.25, 0.3) is 0 Å². The minimum absolute atomic E-state index is 0.262. The molecule has 0 saturated heterocycles. The van der Waals surface area contributed by atoms with E-state index in [4.69, 9.17) is 4.74 Å². The van der Waals surface area contributed by atoms with Crippen molar-refractivity contribution in [1.82, 2.24) is 0 Å². The topological polar surface area (TPSA) is 26.3 Å². The number of rotatable bonds is 4. The first-order chi connectivity index (χ1) is 8.86. The van der Waals surface area contributed by atoms with Gasteiger partial charge in [0, 0.05) is 5.41 Å². The number of halogens is 1. The van der Waals surface area contributed by atoms with Gasteiger partial charge in [-0.25, -0.2) is 9.18 Å². The Kier molecular flexibility index (Phi) is 5.08. The van der Waals surface area contributed by atoms with Gasteiger partial charge in [-0.3, -0.25) is 0 Å². The first-order valence-corrected chi connectivity index (χ1v) is 6.24. The molecule has 0 bridgehead atoms. The van der Waals surface area contributed by atoms with Crippen molar-refractivity contribution >= 4 is 5.97 Å². The minimum atomic E-state index is -0.367. The summed E-state index contributed by atoms with van der Waals surface area (Å²) in [6.07, 6.45) is 1.80. The van der Waals surface area contributed by atoms with E-state index >= 15 is 0 Å². The van der Waals surface area contributed by atoms with E-state index in [-0.39, 0.29) is 17.2 Å². The van der Waals surface area contributed by atoms with Gasteiger partial charge in [-0.15, -0.1) is 5.73 Å². The number of carbonyl (C=O) groups is 1. The molecule has 1 aromatic rings. The van der Waals surface area contributed by atoms with Crippen molar-refractivity contribution in [2.45, 2.75) is 33.1 Å². The summed E-state index contributed by atoms with van der Waals surface area (Å²) in [5.74, 6) is -0.629. The van der Waals surface area contributed by atoms with E-state index in [1.54, 1.807) is 32.1 Å². The second kappa shape index (κ2) is 6.35. The molecule has 0 spiro atoms. The van der Waals surface area contributed by atoms with E-state index in [0.29, 0.717) is 12.2 Å². The predicted octanol–water partition coefficient (Wildman–Crippen LogP) is 3.77. The summed E-state index contributed by atoms with van der Waals surface area (Å²) in [5.41, 5.74) is 4.00. The van der Waals surface area contributed by atoms with Crippen molar-refractivity contribution in [3.05, 3.63) is 53.0 Å². The smallest absolute Gasteiger partial charge is 0.341 e. The first-order valence-electron chi connectivity index (χ1n) is 6.24. The average Bonchev–Trinajstić information content (AvgIpc) is 2.37. The van der Waals surface area contributed by atoms with Gasteiger partial charge in [0.1, 0.15) is 5.82 Å². The van der Waals surface area contributed by atoms with Crippen LogP contribution in [0, 0.1) is 5.82 Å². The molecule has 0 N–H and O–H groups in total. The number of esters is 1. The normalized spacial score (nSPS) is 10.6. The van der Waals surface area contributed by atoms with E-state index in [1.165, 1.54) is 12.1 Å². The van der Waals surface area contributed by atoms with Crippen LogP contribution >= 0.6 is 0 Å². The standard InChI is InChI=1S/C16H19FO2/c1-5-19-15(18)12(2)10-11-16(3,4)13-6-8-14(17)9-7-13/h6-9,11H,5H2,1-4H3. The molecule has 0 unspecified atom stereocenters. The van der Waals surface area contributed by atoms with E-state index in [1.807, 2.05) is 13.8 Å². The molecule has 0 radical (unpaired) electrons. The van der Waals surface area contributed by atoms with Crippen LogP contribution < -0.4 is 0 Å². The maximum Gasteiger partial charge on any atom is 0.341 e. The molecule has 1 aromatic carbocycles. The van der Waals surface area contributed by atoms with Crippen LogP contribution in [0.5, 0.6) is 0 Å². The zero-order valence-electron chi connectivity index (χ0n) is 11.8. The van der Waals surface area contributed by atoms with Crippen LogP contribution in [0.1, 0.15) is 33.3 Å². The number of hydrogen-bond acceptors (Lipinski definition) is 2. The van der Waals surface area contributed by atoms with Gasteiger partial charge in [0.15, 0.2) is 0 Å². The van der Waals surface area contributed by atoms with Crippen molar-refractivity contribution in [2.24, 2.45) is 0 Å². The summed E-state index contributed by atoms with van der Waals surface area (Å²) in [5, 5.41) is 0. The zero-order chi connectivity index (χ0) is 14.5. The van der Waals surface area contributed by atoms with Gasteiger partial charge in [0.05, 0.1) is 12.2 Å². The summed E-state index contributed by atoms with van der Waals surface area (Å²) >= 11 is 0. The fraction of sp³-hybridized carbons (Fsp3) is 0.375. The highest BCUT2D eigenvalue weighted by atomic mass is 19.1. The van der Waals surface area contributed by atoms with E-state index in [2.05, 4.69) is 5.73 Å². The molecule has 3 heteroatoms. The third-order valence-electron chi connectivity index (χ3n) is 2.82. The second-order valence-electron chi connectivity index (χ2n) is 4.86. The van der Waals surface area contributed by atoms with Gasteiger partial charge in [-0.2, -0.15) is 0 Å². The largest absolute Gasteiger partial charge is 0.462 e. The summed E-state index contributed by atoms with van der Waals surface area (Å²) in [4.78, 5) is 11.4. The lowest BCUT2D eigenvalue weighted by Gasteiger charge is -2.19. The molecule has 102 valence electrons. The molecular weight excluding hydrogens is 243 g/mol. The Morgan fingerprint density at radius 3 is 2.47 bits per heavy atom. The van der Waals surface area contributed by atoms with Gasteiger partial charge in [0.25, 0.3) is 0 Å². The highest BCUT2D eigenvalue weighted by Gasteiger charge is 2.17. The lowest BCUT2D eigenvalue weighted by atomic mass is 9.84. The first kappa shape index (κ1) is 15.2. The summed E-state index contributed by atoms with van der Waals surface area (Å²) in [7, 11) is 0. The Balaban J connectivity index is 2.98. The lowest BCUT2D eigenvalue weighted by Crippen LogP contribution is -2.13. The fourth-order valence-electron chi connectivity index (χ4n) is 1.55. The van der Waals surface area contributed by atoms with Crippen LogP contribution in [0.2, 0.25) is 0 Å². The summed E-state index contributed by atoms with van der Waals surface area (Å²) in [6, 6.07) is 6.31. The maximum absolute atomic E-state index is 12.9. The fourth-order valence-corrected chi connectivity index (χ4v) is 1.55. The zero-order valence-corrected chi connectivity index (χ0v) is 11.8. The minimum Gasteiger partial charge on any atom is -0.462 e. The van der Waals surface area contributed by atoms with Gasteiger partial charge >= 0.3 is 5.97 Å². The van der Waals surface area contributed by atoms with E-state index in [0.717, 1.165) is 5.56 Å². The molecule has 0 atom stereocenters. The van der Waals surface area contributed by atoms with E-state index in [9.17, 15) is 9.18 Å². The summed E-state index contributed by atoms with van der Waals surface area (Å²) < 4.78 is 17.8. The molecule has 0 aliphatic carbocycles. The average molecular weight is 262 g/mol. The van der Waals surface area contributed by atoms with Crippen molar-refractivity contribution in [3.63, 3.8) is 0 Å². The van der Waals surface area contributed by atoms with Crippen molar-refractivity contribution in [3.8, 4) is 0 Å². The van der Waals surface area contributed by atoms with Gasteiger partial charge in [-0.05, 0) is 37.6 Å². The lowest BCUT2D eigenvalue weighted by molar-refractivity contribution is -0.138. The third-order valence-corrected chi connectivity index (χ3v) is 2.82.